The Hall–Kier alpha value is -2.34. The van der Waals surface area contributed by atoms with E-state index in [4.69, 9.17) is 9.47 Å². The Bertz CT molecular complexity index is 969. The summed E-state index contributed by atoms with van der Waals surface area (Å²) in [5.41, 5.74) is 2.39. The first-order chi connectivity index (χ1) is 12.8. The topological polar surface area (TPSA) is 56.3 Å². The Labute approximate surface area is 156 Å². The maximum atomic E-state index is 5.81. The van der Waals surface area contributed by atoms with Crippen LogP contribution in [0.15, 0.2) is 24.5 Å². The van der Waals surface area contributed by atoms with Crippen LogP contribution in [0.5, 0.6) is 11.5 Å². The van der Waals surface area contributed by atoms with Gasteiger partial charge < -0.3 is 14.8 Å². The van der Waals surface area contributed by atoms with Gasteiger partial charge in [0.25, 0.3) is 0 Å². The van der Waals surface area contributed by atoms with Crippen molar-refractivity contribution in [3.8, 4) is 11.5 Å². The molecule has 5 rings (SSSR count). The van der Waals surface area contributed by atoms with Gasteiger partial charge in [0.15, 0.2) is 11.5 Å². The first-order valence-corrected chi connectivity index (χ1v) is 10.0. The van der Waals surface area contributed by atoms with Crippen molar-refractivity contribution >= 4 is 33.1 Å². The van der Waals surface area contributed by atoms with Gasteiger partial charge in [-0.3, -0.25) is 0 Å². The molecule has 2 aliphatic rings. The molecule has 1 aliphatic carbocycles. The van der Waals surface area contributed by atoms with Crippen LogP contribution in [-0.2, 0) is 12.8 Å². The second kappa shape index (κ2) is 6.43. The predicted octanol–water partition coefficient (Wildman–Crippen LogP) is 4.72. The van der Waals surface area contributed by atoms with Gasteiger partial charge in [-0.2, -0.15) is 0 Å². The van der Waals surface area contributed by atoms with E-state index in [1.165, 1.54) is 22.2 Å². The number of benzene rings is 1. The highest BCUT2D eigenvalue weighted by Crippen LogP contribution is 2.41. The molecule has 0 amide bonds. The molecule has 1 aliphatic heterocycles. The van der Waals surface area contributed by atoms with E-state index < -0.39 is 0 Å². The van der Waals surface area contributed by atoms with Gasteiger partial charge in [0, 0.05) is 23.1 Å². The fraction of sp³-hybridized carbons (Fsp3) is 0.400. The molecule has 3 heterocycles. The second-order valence-electron chi connectivity index (χ2n) is 7.09. The van der Waals surface area contributed by atoms with Crippen molar-refractivity contribution in [2.75, 3.05) is 18.5 Å². The molecule has 6 heteroatoms. The van der Waals surface area contributed by atoms with Gasteiger partial charge in [-0.05, 0) is 42.9 Å². The van der Waals surface area contributed by atoms with Gasteiger partial charge >= 0.3 is 0 Å². The van der Waals surface area contributed by atoms with E-state index >= 15 is 0 Å². The smallest absolute Gasteiger partial charge is 0.163 e. The van der Waals surface area contributed by atoms with Gasteiger partial charge in [0.2, 0.25) is 0 Å². The molecule has 0 bridgehead atoms. The van der Waals surface area contributed by atoms with E-state index in [0.717, 1.165) is 53.0 Å². The number of hydrogen-bond donors (Lipinski definition) is 1. The van der Waals surface area contributed by atoms with Crippen molar-refractivity contribution in [2.24, 2.45) is 5.92 Å². The zero-order valence-corrected chi connectivity index (χ0v) is 15.6. The molecular weight excluding hydrogens is 346 g/mol. The molecule has 0 saturated heterocycles. The summed E-state index contributed by atoms with van der Waals surface area (Å²) >= 11 is 1.82. The summed E-state index contributed by atoms with van der Waals surface area (Å²) in [5.74, 6) is 3.24. The third kappa shape index (κ3) is 2.78. The van der Waals surface area contributed by atoms with Crippen LogP contribution in [0.4, 0.5) is 11.5 Å². The Morgan fingerprint density at radius 2 is 2.04 bits per heavy atom. The number of rotatable bonds is 2. The van der Waals surface area contributed by atoms with E-state index in [1.54, 1.807) is 6.33 Å². The minimum atomic E-state index is 0.685. The van der Waals surface area contributed by atoms with E-state index in [1.807, 2.05) is 29.5 Å². The van der Waals surface area contributed by atoms with Crippen LogP contribution < -0.4 is 14.8 Å². The van der Waals surface area contributed by atoms with Gasteiger partial charge in [-0.15, -0.1) is 11.3 Å². The molecule has 1 aromatic carbocycles. The predicted molar refractivity (Wildman–Crippen MR) is 104 cm³/mol. The van der Waals surface area contributed by atoms with E-state index in [2.05, 4.69) is 22.2 Å². The van der Waals surface area contributed by atoms with E-state index in [0.29, 0.717) is 13.2 Å². The largest absolute Gasteiger partial charge is 0.490 e. The zero-order chi connectivity index (χ0) is 17.5. The zero-order valence-electron chi connectivity index (χ0n) is 14.7. The minimum absolute atomic E-state index is 0.685. The molecule has 2 aromatic heterocycles. The fourth-order valence-electron chi connectivity index (χ4n) is 3.75. The summed E-state index contributed by atoms with van der Waals surface area (Å²) in [5, 5.41) is 4.67. The summed E-state index contributed by atoms with van der Waals surface area (Å²) in [7, 11) is 0. The fourth-order valence-corrected chi connectivity index (χ4v) is 5.10. The van der Waals surface area contributed by atoms with Gasteiger partial charge in [0.1, 0.15) is 17.0 Å². The Kier molecular flexibility index (Phi) is 3.93. The summed E-state index contributed by atoms with van der Waals surface area (Å²) in [6, 6.07) is 5.98. The molecule has 0 saturated carbocycles. The number of fused-ring (bicyclic) bond motifs is 4. The molecule has 0 fully saturated rings. The molecular formula is C20H21N3O2S. The molecule has 1 atom stereocenters. The third-order valence-electron chi connectivity index (χ3n) is 5.10. The van der Waals surface area contributed by atoms with Crippen molar-refractivity contribution in [3.63, 3.8) is 0 Å². The molecule has 0 unspecified atom stereocenters. The normalized spacial score (nSPS) is 19.0. The molecule has 26 heavy (non-hydrogen) atoms. The number of ether oxygens (including phenoxy) is 2. The number of anilines is 2. The average molecular weight is 367 g/mol. The Morgan fingerprint density at radius 3 is 2.96 bits per heavy atom. The Morgan fingerprint density at radius 1 is 1.15 bits per heavy atom. The Balaban J connectivity index is 1.53. The molecule has 5 nitrogen and oxygen atoms in total. The number of aryl methyl sites for hydroxylation is 1. The number of hydrogen-bond acceptors (Lipinski definition) is 6. The monoisotopic (exact) mass is 367 g/mol. The lowest BCUT2D eigenvalue weighted by Crippen LogP contribution is -2.09. The molecule has 0 spiro atoms. The highest BCUT2D eigenvalue weighted by molar-refractivity contribution is 7.19. The summed E-state index contributed by atoms with van der Waals surface area (Å²) in [6.45, 7) is 3.71. The maximum Gasteiger partial charge on any atom is 0.163 e. The molecule has 3 aromatic rings. The number of nitrogens with zero attached hydrogens (tertiary/aromatic N) is 2. The van der Waals surface area contributed by atoms with Crippen LogP contribution in [0.1, 0.15) is 30.2 Å². The van der Waals surface area contributed by atoms with E-state index in [-0.39, 0.29) is 0 Å². The molecule has 1 N–H and O–H groups in total. The summed E-state index contributed by atoms with van der Waals surface area (Å²) < 4.78 is 11.5. The maximum absolute atomic E-state index is 5.81. The standard InChI is InChI=1S/C20H21N3O2S/c1-12-3-5-14-17(9-12)26-20-18(14)19(21-11-22-20)23-13-4-6-15-16(10-13)25-8-2-7-24-15/h4,6,10-12H,2-3,5,7-9H2,1H3,(H,21,22,23)/t12-/m1/s1. The number of nitrogens with one attached hydrogen (secondary N) is 1. The minimum Gasteiger partial charge on any atom is -0.490 e. The van der Waals surface area contributed by atoms with Crippen LogP contribution in [0.2, 0.25) is 0 Å². The average Bonchev–Trinajstić information content (AvgIpc) is 2.84. The quantitative estimate of drug-likeness (QED) is 0.710. The SMILES string of the molecule is C[C@@H]1CCc2c(sc3ncnc(Nc4ccc5c(c4)OCCCO5)c23)C1. The number of thiophene rings is 1. The first kappa shape index (κ1) is 15.9. The van der Waals surface area contributed by atoms with Crippen molar-refractivity contribution in [1.82, 2.24) is 9.97 Å². The summed E-state index contributed by atoms with van der Waals surface area (Å²) in [4.78, 5) is 11.6. The van der Waals surface area contributed by atoms with Gasteiger partial charge in [-0.1, -0.05) is 6.92 Å². The van der Waals surface area contributed by atoms with Crippen molar-refractivity contribution in [1.29, 1.82) is 0 Å². The van der Waals surface area contributed by atoms with Crippen LogP contribution in [-0.4, -0.2) is 23.2 Å². The number of aromatic nitrogens is 2. The van der Waals surface area contributed by atoms with Crippen LogP contribution in [0.25, 0.3) is 10.2 Å². The lowest BCUT2D eigenvalue weighted by Gasteiger charge is -2.18. The molecule has 134 valence electrons. The van der Waals surface area contributed by atoms with E-state index in [9.17, 15) is 0 Å². The van der Waals surface area contributed by atoms with Crippen molar-refractivity contribution < 1.29 is 9.47 Å². The van der Waals surface area contributed by atoms with Gasteiger partial charge in [-0.25, -0.2) is 9.97 Å². The second-order valence-corrected chi connectivity index (χ2v) is 8.17. The summed E-state index contributed by atoms with van der Waals surface area (Å²) in [6.07, 6.45) is 6.05. The van der Waals surface area contributed by atoms with Crippen molar-refractivity contribution in [3.05, 3.63) is 35.0 Å². The third-order valence-corrected chi connectivity index (χ3v) is 6.26. The van der Waals surface area contributed by atoms with Gasteiger partial charge in [0.05, 0.1) is 18.6 Å². The lowest BCUT2D eigenvalue weighted by atomic mass is 9.89. The highest BCUT2D eigenvalue weighted by Gasteiger charge is 2.23. The van der Waals surface area contributed by atoms with Crippen molar-refractivity contribution in [2.45, 2.75) is 32.6 Å². The van der Waals surface area contributed by atoms with Crippen LogP contribution >= 0.6 is 11.3 Å². The highest BCUT2D eigenvalue weighted by atomic mass is 32.1. The lowest BCUT2D eigenvalue weighted by molar-refractivity contribution is 0.297. The van der Waals surface area contributed by atoms with Crippen LogP contribution in [0.3, 0.4) is 0 Å². The van der Waals surface area contributed by atoms with Crippen LogP contribution in [0, 0.1) is 5.92 Å². The molecule has 0 radical (unpaired) electrons. The first-order valence-electron chi connectivity index (χ1n) is 9.20.